The Kier molecular flexibility index (Phi) is 6.27. The standard InChI is InChI=1S/C20H23ClN2O4S/c1-14-3-6-17(7-4-14)28(25,26)23-11-9-15(10-12-23)20(24)22-16-5-8-19(27-2)18(21)13-16/h3-8,13,15H,9-12H2,1-2H3,(H,22,24). The normalized spacial score (nSPS) is 16.0. The number of hydrogen-bond donors (Lipinski definition) is 1. The van der Waals surface area contributed by atoms with Gasteiger partial charge in [-0.3, -0.25) is 4.79 Å². The quantitative estimate of drug-likeness (QED) is 0.797. The fraction of sp³-hybridized carbons (Fsp3) is 0.350. The van der Waals surface area contributed by atoms with E-state index in [2.05, 4.69) is 5.32 Å². The van der Waals surface area contributed by atoms with Gasteiger partial charge in [0.05, 0.1) is 17.0 Å². The molecule has 0 aromatic heterocycles. The third kappa shape index (κ3) is 4.48. The molecule has 1 aliphatic heterocycles. The number of ether oxygens (including phenoxy) is 1. The molecule has 0 spiro atoms. The second kappa shape index (κ2) is 8.51. The molecule has 3 rings (SSSR count). The summed E-state index contributed by atoms with van der Waals surface area (Å²) in [4.78, 5) is 12.8. The molecule has 150 valence electrons. The van der Waals surface area contributed by atoms with Crippen molar-refractivity contribution in [3.05, 3.63) is 53.1 Å². The van der Waals surface area contributed by atoms with E-state index in [9.17, 15) is 13.2 Å². The molecule has 1 N–H and O–H groups in total. The number of aryl methyl sites for hydroxylation is 1. The summed E-state index contributed by atoms with van der Waals surface area (Å²) in [7, 11) is -2.00. The molecule has 1 heterocycles. The molecular formula is C20H23ClN2O4S. The first-order chi connectivity index (χ1) is 13.3. The van der Waals surface area contributed by atoms with Gasteiger partial charge in [-0.25, -0.2) is 8.42 Å². The van der Waals surface area contributed by atoms with Crippen molar-refractivity contribution in [1.82, 2.24) is 4.31 Å². The van der Waals surface area contributed by atoms with Crippen LogP contribution in [-0.4, -0.2) is 38.8 Å². The van der Waals surface area contributed by atoms with Crippen molar-refractivity contribution in [2.24, 2.45) is 5.92 Å². The van der Waals surface area contributed by atoms with Crippen LogP contribution < -0.4 is 10.1 Å². The second-order valence-corrected chi connectivity index (χ2v) is 9.18. The minimum Gasteiger partial charge on any atom is -0.495 e. The van der Waals surface area contributed by atoms with Gasteiger partial charge in [-0.15, -0.1) is 0 Å². The smallest absolute Gasteiger partial charge is 0.243 e. The lowest BCUT2D eigenvalue weighted by atomic mass is 9.97. The molecule has 1 aliphatic rings. The van der Waals surface area contributed by atoms with Crippen LogP contribution in [0.4, 0.5) is 5.69 Å². The third-order valence-corrected chi connectivity index (χ3v) is 7.11. The fourth-order valence-corrected chi connectivity index (χ4v) is 4.93. The highest BCUT2D eigenvalue weighted by atomic mass is 35.5. The minimum atomic E-state index is -3.53. The average molecular weight is 423 g/mol. The van der Waals surface area contributed by atoms with Crippen molar-refractivity contribution < 1.29 is 17.9 Å². The van der Waals surface area contributed by atoms with E-state index in [1.54, 1.807) is 42.5 Å². The Hall–Kier alpha value is -2.09. The Morgan fingerprint density at radius 2 is 1.79 bits per heavy atom. The predicted octanol–water partition coefficient (Wildman–Crippen LogP) is 3.70. The van der Waals surface area contributed by atoms with Crippen LogP contribution in [0, 0.1) is 12.8 Å². The molecule has 0 radical (unpaired) electrons. The fourth-order valence-electron chi connectivity index (χ4n) is 3.21. The van der Waals surface area contributed by atoms with Crippen molar-refractivity contribution in [2.75, 3.05) is 25.5 Å². The molecule has 0 aliphatic carbocycles. The van der Waals surface area contributed by atoms with Crippen LogP contribution in [0.25, 0.3) is 0 Å². The molecular weight excluding hydrogens is 400 g/mol. The first kappa shape index (κ1) is 20.6. The van der Waals surface area contributed by atoms with Gasteiger partial charge in [-0.1, -0.05) is 29.3 Å². The number of anilines is 1. The topological polar surface area (TPSA) is 75.7 Å². The number of piperidine rings is 1. The molecule has 28 heavy (non-hydrogen) atoms. The SMILES string of the molecule is COc1ccc(NC(=O)C2CCN(S(=O)(=O)c3ccc(C)cc3)CC2)cc1Cl. The summed E-state index contributed by atoms with van der Waals surface area (Å²) in [6.07, 6.45) is 0.946. The number of methoxy groups -OCH3 is 1. The minimum absolute atomic E-state index is 0.131. The van der Waals surface area contributed by atoms with E-state index < -0.39 is 10.0 Å². The van der Waals surface area contributed by atoms with E-state index >= 15 is 0 Å². The number of carbonyl (C=O) groups excluding carboxylic acids is 1. The molecule has 2 aromatic rings. The summed E-state index contributed by atoms with van der Waals surface area (Å²) in [5, 5.41) is 3.26. The summed E-state index contributed by atoms with van der Waals surface area (Å²) >= 11 is 6.09. The number of halogens is 1. The number of carbonyl (C=O) groups is 1. The van der Waals surface area contributed by atoms with E-state index in [0.29, 0.717) is 42.4 Å². The Bertz CT molecular complexity index is 953. The molecule has 0 atom stereocenters. The van der Waals surface area contributed by atoms with Gasteiger partial charge in [0.1, 0.15) is 5.75 Å². The zero-order valence-electron chi connectivity index (χ0n) is 15.8. The van der Waals surface area contributed by atoms with Gasteiger partial charge in [-0.05, 0) is 50.1 Å². The van der Waals surface area contributed by atoms with Gasteiger partial charge < -0.3 is 10.1 Å². The third-order valence-electron chi connectivity index (χ3n) is 4.90. The summed E-state index contributed by atoms with van der Waals surface area (Å²) < 4.78 is 32.1. The van der Waals surface area contributed by atoms with Crippen LogP contribution in [0.5, 0.6) is 5.75 Å². The molecule has 8 heteroatoms. The monoisotopic (exact) mass is 422 g/mol. The predicted molar refractivity (Wildman–Crippen MR) is 109 cm³/mol. The summed E-state index contributed by atoms with van der Waals surface area (Å²) in [6.45, 7) is 2.55. The molecule has 0 unspecified atom stereocenters. The molecule has 2 aromatic carbocycles. The highest BCUT2D eigenvalue weighted by Gasteiger charge is 2.32. The molecule has 0 bridgehead atoms. The second-order valence-electron chi connectivity index (χ2n) is 6.83. The van der Waals surface area contributed by atoms with Gasteiger partial charge in [-0.2, -0.15) is 4.31 Å². The highest BCUT2D eigenvalue weighted by molar-refractivity contribution is 7.89. The van der Waals surface area contributed by atoms with Gasteiger partial charge in [0, 0.05) is 24.7 Å². The van der Waals surface area contributed by atoms with Crippen LogP contribution in [0.3, 0.4) is 0 Å². The van der Waals surface area contributed by atoms with Crippen molar-refractivity contribution in [3.63, 3.8) is 0 Å². The first-order valence-electron chi connectivity index (χ1n) is 9.02. The number of nitrogens with zero attached hydrogens (tertiary/aromatic N) is 1. The van der Waals surface area contributed by atoms with Crippen LogP contribution >= 0.6 is 11.6 Å². The van der Waals surface area contributed by atoms with Crippen molar-refractivity contribution in [2.45, 2.75) is 24.7 Å². The zero-order chi connectivity index (χ0) is 20.3. The maximum absolute atomic E-state index is 12.8. The van der Waals surface area contributed by atoms with Crippen LogP contribution in [-0.2, 0) is 14.8 Å². The van der Waals surface area contributed by atoms with Gasteiger partial charge in [0.25, 0.3) is 0 Å². The van der Waals surface area contributed by atoms with E-state index in [4.69, 9.17) is 16.3 Å². The Balaban J connectivity index is 1.61. The Labute approximate surface area is 170 Å². The zero-order valence-corrected chi connectivity index (χ0v) is 17.4. The Morgan fingerprint density at radius 3 is 2.36 bits per heavy atom. The molecule has 0 saturated carbocycles. The average Bonchev–Trinajstić information content (AvgIpc) is 2.68. The molecule has 1 saturated heterocycles. The summed E-state index contributed by atoms with van der Waals surface area (Å²) in [5.41, 5.74) is 1.60. The maximum atomic E-state index is 12.8. The number of rotatable bonds is 5. The molecule has 1 amide bonds. The number of amides is 1. The van der Waals surface area contributed by atoms with E-state index in [-0.39, 0.29) is 16.7 Å². The largest absolute Gasteiger partial charge is 0.495 e. The molecule has 1 fully saturated rings. The van der Waals surface area contributed by atoms with E-state index in [1.807, 2.05) is 6.92 Å². The van der Waals surface area contributed by atoms with Crippen molar-refractivity contribution >= 4 is 33.2 Å². The molecule has 6 nitrogen and oxygen atoms in total. The summed E-state index contributed by atoms with van der Waals surface area (Å²) in [5.74, 6) is 0.160. The number of sulfonamides is 1. The number of benzene rings is 2. The van der Waals surface area contributed by atoms with Gasteiger partial charge in [0.2, 0.25) is 15.9 Å². The maximum Gasteiger partial charge on any atom is 0.243 e. The lowest BCUT2D eigenvalue weighted by molar-refractivity contribution is -0.120. The van der Waals surface area contributed by atoms with Crippen LogP contribution in [0.2, 0.25) is 5.02 Å². The van der Waals surface area contributed by atoms with E-state index in [0.717, 1.165) is 5.56 Å². The lowest BCUT2D eigenvalue weighted by Gasteiger charge is -2.30. The van der Waals surface area contributed by atoms with Gasteiger partial charge >= 0.3 is 0 Å². The number of hydrogen-bond acceptors (Lipinski definition) is 4. The summed E-state index contributed by atoms with van der Waals surface area (Å²) in [6, 6.07) is 11.9. The van der Waals surface area contributed by atoms with Crippen molar-refractivity contribution in [1.29, 1.82) is 0 Å². The van der Waals surface area contributed by atoms with E-state index in [1.165, 1.54) is 11.4 Å². The van der Waals surface area contributed by atoms with Crippen LogP contribution in [0.15, 0.2) is 47.4 Å². The van der Waals surface area contributed by atoms with Crippen molar-refractivity contribution in [3.8, 4) is 5.75 Å². The van der Waals surface area contributed by atoms with Crippen LogP contribution in [0.1, 0.15) is 18.4 Å². The Morgan fingerprint density at radius 1 is 1.14 bits per heavy atom. The lowest BCUT2D eigenvalue weighted by Crippen LogP contribution is -2.41. The number of nitrogens with one attached hydrogen (secondary N) is 1. The first-order valence-corrected chi connectivity index (χ1v) is 10.8. The van der Waals surface area contributed by atoms with Gasteiger partial charge in [0.15, 0.2) is 0 Å². The highest BCUT2D eigenvalue weighted by Crippen LogP contribution is 2.29.